The molecular formula is C9H15N3O2. The summed E-state index contributed by atoms with van der Waals surface area (Å²) in [6.45, 7) is 4.15. The number of carboxylic acids is 1. The van der Waals surface area contributed by atoms with Crippen LogP contribution in [0, 0.1) is 0 Å². The summed E-state index contributed by atoms with van der Waals surface area (Å²) in [7, 11) is 0. The Kier molecular flexibility index (Phi) is 3.62. The van der Waals surface area contributed by atoms with Gasteiger partial charge in [-0.25, -0.2) is 4.68 Å². The molecule has 0 aliphatic carbocycles. The molecule has 5 nitrogen and oxygen atoms in total. The zero-order valence-electron chi connectivity index (χ0n) is 8.47. The molecule has 1 heterocycles. The van der Waals surface area contributed by atoms with Crippen LogP contribution in [-0.2, 0) is 11.2 Å². The third kappa shape index (κ3) is 2.55. The van der Waals surface area contributed by atoms with Crippen molar-refractivity contribution in [2.45, 2.75) is 39.2 Å². The van der Waals surface area contributed by atoms with Crippen molar-refractivity contribution in [2.75, 3.05) is 0 Å². The van der Waals surface area contributed by atoms with E-state index in [4.69, 9.17) is 5.11 Å². The fourth-order valence-electron chi connectivity index (χ4n) is 1.39. The van der Waals surface area contributed by atoms with E-state index >= 15 is 0 Å². The van der Waals surface area contributed by atoms with Crippen LogP contribution < -0.4 is 0 Å². The molecule has 1 N–H and O–H groups in total. The highest BCUT2D eigenvalue weighted by atomic mass is 16.4. The monoisotopic (exact) mass is 197 g/mol. The van der Waals surface area contributed by atoms with Gasteiger partial charge >= 0.3 is 5.97 Å². The van der Waals surface area contributed by atoms with Crippen molar-refractivity contribution in [3.63, 3.8) is 0 Å². The maximum atomic E-state index is 10.4. The Labute approximate surface area is 82.7 Å². The summed E-state index contributed by atoms with van der Waals surface area (Å²) < 4.78 is 1.75. The van der Waals surface area contributed by atoms with E-state index in [0.717, 1.165) is 12.8 Å². The highest BCUT2D eigenvalue weighted by Gasteiger charge is 2.10. The summed E-state index contributed by atoms with van der Waals surface area (Å²) in [4.78, 5) is 10.4. The van der Waals surface area contributed by atoms with E-state index in [1.165, 1.54) is 0 Å². The lowest BCUT2D eigenvalue weighted by molar-refractivity contribution is -0.136. The number of carboxylic acid groups (broad SMARTS) is 1. The topological polar surface area (TPSA) is 68.0 Å². The van der Waals surface area contributed by atoms with E-state index in [0.29, 0.717) is 11.7 Å². The number of aliphatic carboxylic acids is 1. The first-order chi connectivity index (χ1) is 6.67. The van der Waals surface area contributed by atoms with Crippen molar-refractivity contribution in [2.24, 2.45) is 0 Å². The van der Waals surface area contributed by atoms with Crippen LogP contribution in [0.3, 0.4) is 0 Å². The highest BCUT2D eigenvalue weighted by Crippen LogP contribution is 2.13. The van der Waals surface area contributed by atoms with Crippen molar-refractivity contribution in [1.29, 1.82) is 0 Å². The Morgan fingerprint density at radius 1 is 1.57 bits per heavy atom. The van der Waals surface area contributed by atoms with Crippen LogP contribution in [0.1, 0.15) is 38.4 Å². The molecule has 0 bridgehead atoms. The predicted octanol–water partition coefficient (Wildman–Crippen LogP) is 1.27. The maximum absolute atomic E-state index is 10.4. The highest BCUT2D eigenvalue weighted by molar-refractivity contribution is 5.69. The second kappa shape index (κ2) is 4.74. The van der Waals surface area contributed by atoms with Crippen LogP contribution >= 0.6 is 0 Å². The molecule has 0 spiro atoms. The van der Waals surface area contributed by atoms with Crippen LogP contribution in [0.2, 0.25) is 0 Å². The first-order valence-electron chi connectivity index (χ1n) is 4.79. The molecule has 1 aromatic rings. The maximum Gasteiger partial charge on any atom is 0.309 e. The summed E-state index contributed by atoms with van der Waals surface area (Å²) in [6.07, 6.45) is 3.62. The molecular weight excluding hydrogens is 182 g/mol. The van der Waals surface area contributed by atoms with Gasteiger partial charge in [-0.05, 0) is 12.8 Å². The zero-order valence-corrected chi connectivity index (χ0v) is 8.47. The molecule has 0 saturated carbocycles. The summed E-state index contributed by atoms with van der Waals surface area (Å²) in [5, 5.41) is 16.3. The fourth-order valence-corrected chi connectivity index (χ4v) is 1.39. The second-order valence-electron chi connectivity index (χ2n) is 3.23. The number of rotatable bonds is 5. The van der Waals surface area contributed by atoms with Gasteiger partial charge in [-0.2, -0.15) is 0 Å². The number of nitrogens with zero attached hydrogens (tertiary/aromatic N) is 3. The van der Waals surface area contributed by atoms with Gasteiger partial charge in [-0.1, -0.05) is 19.1 Å². The Morgan fingerprint density at radius 3 is 2.71 bits per heavy atom. The molecule has 0 aliphatic rings. The Morgan fingerprint density at radius 2 is 2.21 bits per heavy atom. The number of carbonyl (C=O) groups is 1. The Bertz CT molecular complexity index is 305. The molecule has 0 aliphatic heterocycles. The molecule has 0 unspecified atom stereocenters. The molecule has 1 aromatic heterocycles. The van der Waals surface area contributed by atoms with E-state index in [1.807, 2.05) is 0 Å². The van der Waals surface area contributed by atoms with Crippen molar-refractivity contribution >= 4 is 5.97 Å². The van der Waals surface area contributed by atoms with E-state index in [-0.39, 0.29) is 6.42 Å². The third-order valence-electron chi connectivity index (χ3n) is 2.21. The Hall–Kier alpha value is -1.39. The molecule has 0 radical (unpaired) electrons. The van der Waals surface area contributed by atoms with Gasteiger partial charge < -0.3 is 5.11 Å². The third-order valence-corrected chi connectivity index (χ3v) is 2.21. The summed E-state index contributed by atoms with van der Waals surface area (Å²) in [6, 6.07) is 0.324. The van der Waals surface area contributed by atoms with Gasteiger partial charge in [0.2, 0.25) is 0 Å². The van der Waals surface area contributed by atoms with Gasteiger partial charge in [0.1, 0.15) is 0 Å². The van der Waals surface area contributed by atoms with E-state index in [2.05, 4.69) is 24.2 Å². The summed E-state index contributed by atoms with van der Waals surface area (Å²) in [5.74, 6) is -0.874. The Balaban J connectivity index is 2.71. The van der Waals surface area contributed by atoms with Gasteiger partial charge in [-0.15, -0.1) is 5.10 Å². The lowest BCUT2D eigenvalue weighted by Crippen LogP contribution is -2.07. The number of aromatic nitrogens is 3. The number of hydrogen-bond acceptors (Lipinski definition) is 3. The fraction of sp³-hybridized carbons (Fsp3) is 0.667. The van der Waals surface area contributed by atoms with Crippen molar-refractivity contribution in [3.8, 4) is 0 Å². The summed E-state index contributed by atoms with van der Waals surface area (Å²) in [5.41, 5.74) is 0.518. The lowest BCUT2D eigenvalue weighted by Gasteiger charge is -2.10. The summed E-state index contributed by atoms with van der Waals surface area (Å²) >= 11 is 0. The van der Waals surface area contributed by atoms with E-state index in [9.17, 15) is 4.79 Å². The molecule has 0 atom stereocenters. The molecule has 78 valence electrons. The van der Waals surface area contributed by atoms with Gasteiger partial charge in [0, 0.05) is 6.20 Å². The van der Waals surface area contributed by atoms with Crippen LogP contribution in [-0.4, -0.2) is 26.1 Å². The van der Waals surface area contributed by atoms with Gasteiger partial charge in [-0.3, -0.25) is 4.79 Å². The standard InChI is InChI=1S/C9H15N3O2/c1-3-8(4-2)12-6-7(10-11-12)5-9(13)14/h6,8H,3-5H2,1-2H3,(H,13,14). The quantitative estimate of drug-likeness (QED) is 0.771. The SMILES string of the molecule is CCC(CC)n1cc(CC(=O)O)nn1. The molecule has 0 fully saturated rings. The van der Waals surface area contributed by atoms with Gasteiger partial charge in [0.15, 0.2) is 0 Å². The first-order valence-corrected chi connectivity index (χ1v) is 4.79. The predicted molar refractivity (Wildman–Crippen MR) is 51.0 cm³/mol. The number of hydrogen-bond donors (Lipinski definition) is 1. The van der Waals surface area contributed by atoms with E-state index < -0.39 is 5.97 Å². The molecule has 1 rings (SSSR count). The van der Waals surface area contributed by atoms with Crippen LogP contribution in [0.25, 0.3) is 0 Å². The van der Waals surface area contributed by atoms with Crippen molar-refractivity contribution in [3.05, 3.63) is 11.9 Å². The molecule has 14 heavy (non-hydrogen) atoms. The average molecular weight is 197 g/mol. The van der Waals surface area contributed by atoms with Gasteiger partial charge in [0.25, 0.3) is 0 Å². The first kappa shape index (κ1) is 10.7. The zero-order chi connectivity index (χ0) is 10.6. The minimum Gasteiger partial charge on any atom is -0.481 e. The average Bonchev–Trinajstić information content (AvgIpc) is 2.54. The largest absolute Gasteiger partial charge is 0.481 e. The van der Waals surface area contributed by atoms with Crippen molar-refractivity contribution < 1.29 is 9.90 Å². The van der Waals surface area contributed by atoms with E-state index in [1.54, 1.807) is 10.9 Å². The smallest absolute Gasteiger partial charge is 0.309 e. The minimum atomic E-state index is -0.874. The van der Waals surface area contributed by atoms with Crippen LogP contribution in [0.4, 0.5) is 0 Å². The minimum absolute atomic E-state index is 0.0554. The van der Waals surface area contributed by atoms with Crippen LogP contribution in [0.5, 0.6) is 0 Å². The van der Waals surface area contributed by atoms with Crippen molar-refractivity contribution in [1.82, 2.24) is 15.0 Å². The van der Waals surface area contributed by atoms with Gasteiger partial charge in [0.05, 0.1) is 18.2 Å². The molecule has 0 aromatic carbocycles. The lowest BCUT2D eigenvalue weighted by atomic mass is 10.2. The second-order valence-corrected chi connectivity index (χ2v) is 3.23. The molecule has 0 saturated heterocycles. The molecule has 5 heteroatoms. The molecule has 0 amide bonds. The normalized spacial score (nSPS) is 10.8. The van der Waals surface area contributed by atoms with Crippen LogP contribution in [0.15, 0.2) is 6.20 Å².